The lowest BCUT2D eigenvalue weighted by molar-refractivity contribution is -0.114. The molecule has 2 aromatic rings. The van der Waals surface area contributed by atoms with E-state index in [1.54, 1.807) is 9.80 Å². The summed E-state index contributed by atoms with van der Waals surface area (Å²) < 4.78 is 11.3. The summed E-state index contributed by atoms with van der Waals surface area (Å²) in [4.78, 5) is 16.6. The molecule has 31 heavy (non-hydrogen) atoms. The molecule has 1 saturated heterocycles. The largest absolute Gasteiger partial charge is 0.494 e. The molecule has 0 atom stereocenters. The highest BCUT2D eigenvalue weighted by Gasteiger charge is 2.37. The van der Waals surface area contributed by atoms with Crippen molar-refractivity contribution in [3.05, 3.63) is 58.8 Å². The highest BCUT2D eigenvalue weighted by Crippen LogP contribution is 2.33. The third kappa shape index (κ3) is 4.59. The van der Waals surface area contributed by atoms with E-state index in [0.29, 0.717) is 29.9 Å². The minimum atomic E-state index is -0.143. The Bertz CT molecular complexity index is 1010. The molecule has 0 N–H and O–H groups in total. The Morgan fingerprint density at radius 3 is 2.29 bits per heavy atom. The Labute approximate surface area is 190 Å². The molecule has 164 valence electrons. The topological polar surface area (TPSA) is 42.0 Å². The fourth-order valence-electron chi connectivity index (χ4n) is 3.59. The van der Waals surface area contributed by atoms with Gasteiger partial charge < -0.3 is 14.4 Å². The Kier molecular flexibility index (Phi) is 7.01. The predicted molar refractivity (Wildman–Crippen MR) is 130 cm³/mol. The summed E-state index contributed by atoms with van der Waals surface area (Å²) in [5.41, 5.74) is 4.42. The molecule has 1 amide bonds. The molecule has 0 aliphatic carbocycles. The van der Waals surface area contributed by atoms with Crippen LogP contribution in [0.5, 0.6) is 11.5 Å². The standard InChI is InChI=1S/C25H30N2O3S/c1-7-29-20-11-9-19(10-12-20)27-24(28)22(26(6)25(27)31)15-18-14-21(16(3)4)23(30-8-2)13-17(18)5/h9-16H,7-8H2,1-6H3. The van der Waals surface area contributed by atoms with Gasteiger partial charge in [0.1, 0.15) is 17.2 Å². The number of anilines is 1. The Balaban J connectivity index is 1.98. The average molecular weight is 439 g/mol. The normalized spacial score (nSPS) is 15.4. The fraction of sp³-hybridized carbons (Fsp3) is 0.360. The number of aryl methyl sites for hydroxylation is 1. The number of hydrogen-bond acceptors (Lipinski definition) is 4. The van der Waals surface area contributed by atoms with Crippen LogP contribution in [0.2, 0.25) is 0 Å². The first-order valence-electron chi connectivity index (χ1n) is 10.6. The quantitative estimate of drug-likeness (QED) is 0.421. The number of likely N-dealkylation sites (N-methyl/N-ethyl adjacent to an activating group) is 1. The minimum Gasteiger partial charge on any atom is -0.494 e. The lowest BCUT2D eigenvalue weighted by Crippen LogP contribution is -2.31. The molecule has 3 rings (SSSR count). The van der Waals surface area contributed by atoms with Crippen molar-refractivity contribution < 1.29 is 14.3 Å². The lowest BCUT2D eigenvalue weighted by atomic mass is 9.96. The molecule has 1 aliphatic rings. The molecule has 2 aromatic carbocycles. The fourth-order valence-corrected chi connectivity index (χ4v) is 3.88. The first kappa shape index (κ1) is 22.8. The second kappa shape index (κ2) is 9.52. The van der Waals surface area contributed by atoms with E-state index in [9.17, 15) is 4.79 Å². The van der Waals surface area contributed by atoms with E-state index < -0.39 is 0 Å². The van der Waals surface area contributed by atoms with Crippen LogP contribution < -0.4 is 14.4 Å². The number of benzene rings is 2. The summed E-state index contributed by atoms with van der Waals surface area (Å²) >= 11 is 5.59. The molecular weight excluding hydrogens is 408 g/mol. The molecular formula is C25H30N2O3S. The molecule has 1 aliphatic heterocycles. The van der Waals surface area contributed by atoms with Crippen LogP contribution >= 0.6 is 12.2 Å². The van der Waals surface area contributed by atoms with E-state index >= 15 is 0 Å². The zero-order valence-electron chi connectivity index (χ0n) is 19.1. The molecule has 0 saturated carbocycles. The van der Waals surface area contributed by atoms with Crippen LogP contribution in [-0.2, 0) is 4.79 Å². The van der Waals surface area contributed by atoms with Crippen molar-refractivity contribution in [1.82, 2.24) is 4.90 Å². The molecule has 0 unspecified atom stereocenters. The van der Waals surface area contributed by atoms with Gasteiger partial charge in [0.05, 0.1) is 18.9 Å². The maximum atomic E-state index is 13.3. The van der Waals surface area contributed by atoms with Crippen LogP contribution in [0, 0.1) is 6.92 Å². The first-order chi connectivity index (χ1) is 14.8. The molecule has 0 radical (unpaired) electrons. The van der Waals surface area contributed by atoms with Gasteiger partial charge in [-0.25, -0.2) is 0 Å². The summed E-state index contributed by atoms with van der Waals surface area (Å²) in [5, 5.41) is 0.452. The van der Waals surface area contributed by atoms with Crippen molar-refractivity contribution in [2.24, 2.45) is 0 Å². The highest BCUT2D eigenvalue weighted by molar-refractivity contribution is 7.80. The van der Waals surface area contributed by atoms with E-state index in [1.807, 2.05) is 64.2 Å². The number of amides is 1. The van der Waals surface area contributed by atoms with E-state index in [0.717, 1.165) is 33.9 Å². The van der Waals surface area contributed by atoms with Crippen molar-refractivity contribution >= 4 is 35.0 Å². The first-order valence-corrected chi connectivity index (χ1v) is 11.0. The van der Waals surface area contributed by atoms with Crippen molar-refractivity contribution in [3.8, 4) is 11.5 Å². The maximum Gasteiger partial charge on any atom is 0.281 e. The smallest absolute Gasteiger partial charge is 0.281 e. The number of carbonyl (C=O) groups is 1. The molecule has 1 heterocycles. The second-order valence-electron chi connectivity index (χ2n) is 7.77. The average Bonchev–Trinajstić information content (AvgIpc) is 2.94. The molecule has 1 fully saturated rings. The highest BCUT2D eigenvalue weighted by atomic mass is 32.1. The number of hydrogen-bond donors (Lipinski definition) is 0. The number of nitrogens with zero attached hydrogens (tertiary/aromatic N) is 2. The van der Waals surface area contributed by atoms with Gasteiger partial charge in [-0.1, -0.05) is 13.8 Å². The maximum absolute atomic E-state index is 13.3. The summed E-state index contributed by atoms with van der Waals surface area (Å²) in [7, 11) is 1.83. The van der Waals surface area contributed by atoms with Crippen LogP contribution in [0.4, 0.5) is 5.69 Å². The molecule has 6 heteroatoms. The van der Waals surface area contributed by atoms with E-state index in [4.69, 9.17) is 21.7 Å². The predicted octanol–water partition coefficient (Wildman–Crippen LogP) is 5.52. The SMILES string of the molecule is CCOc1ccc(N2C(=O)C(=Cc3cc(C(C)C)c(OCC)cc3C)N(C)C2=S)cc1. The number of rotatable bonds is 7. The number of carbonyl (C=O) groups excluding carboxylic acids is 1. The van der Waals surface area contributed by atoms with Crippen molar-refractivity contribution in [1.29, 1.82) is 0 Å². The van der Waals surface area contributed by atoms with Crippen molar-refractivity contribution in [2.75, 3.05) is 25.2 Å². The molecule has 0 spiro atoms. The van der Waals surface area contributed by atoms with Gasteiger partial charge >= 0.3 is 0 Å². The van der Waals surface area contributed by atoms with Crippen LogP contribution in [0.25, 0.3) is 6.08 Å². The Morgan fingerprint density at radius 2 is 1.71 bits per heavy atom. The Hall–Kier alpha value is -2.86. The molecule has 0 aromatic heterocycles. The third-order valence-electron chi connectivity index (χ3n) is 5.28. The second-order valence-corrected chi connectivity index (χ2v) is 8.14. The molecule has 5 nitrogen and oxygen atoms in total. The van der Waals surface area contributed by atoms with Crippen molar-refractivity contribution in [2.45, 2.75) is 40.5 Å². The minimum absolute atomic E-state index is 0.143. The van der Waals surface area contributed by atoms with Gasteiger partial charge in [-0.3, -0.25) is 9.69 Å². The monoisotopic (exact) mass is 438 g/mol. The summed E-state index contributed by atoms with van der Waals surface area (Å²) in [6.07, 6.45) is 1.92. The van der Waals surface area contributed by atoms with Gasteiger partial charge in [-0.05, 0) is 98.1 Å². The van der Waals surface area contributed by atoms with Gasteiger partial charge in [0.2, 0.25) is 0 Å². The van der Waals surface area contributed by atoms with Gasteiger partial charge in [0, 0.05) is 7.05 Å². The van der Waals surface area contributed by atoms with Crippen LogP contribution in [-0.4, -0.2) is 36.2 Å². The Morgan fingerprint density at radius 1 is 1.06 bits per heavy atom. The van der Waals surface area contributed by atoms with Crippen LogP contribution in [0.3, 0.4) is 0 Å². The zero-order valence-corrected chi connectivity index (χ0v) is 19.9. The van der Waals surface area contributed by atoms with Gasteiger partial charge in [0.25, 0.3) is 5.91 Å². The van der Waals surface area contributed by atoms with E-state index in [1.165, 1.54) is 0 Å². The third-order valence-corrected chi connectivity index (χ3v) is 5.74. The van der Waals surface area contributed by atoms with E-state index in [-0.39, 0.29) is 5.91 Å². The summed E-state index contributed by atoms with van der Waals surface area (Å²) in [5.74, 6) is 1.82. The van der Waals surface area contributed by atoms with Gasteiger partial charge in [0.15, 0.2) is 5.11 Å². The zero-order chi connectivity index (χ0) is 22.7. The van der Waals surface area contributed by atoms with E-state index in [2.05, 4.69) is 19.9 Å². The van der Waals surface area contributed by atoms with Crippen LogP contribution in [0.1, 0.15) is 50.3 Å². The lowest BCUT2D eigenvalue weighted by Gasteiger charge is -2.17. The summed E-state index contributed by atoms with van der Waals surface area (Å²) in [6.45, 7) is 11.4. The summed E-state index contributed by atoms with van der Waals surface area (Å²) in [6, 6.07) is 11.6. The number of thiocarbonyl (C=S) groups is 1. The molecule has 0 bridgehead atoms. The number of ether oxygens (including phenoxy) is 2. The van der Waals surface area contributed by atoms with Crippen molar-refractivity contribution in [3.63, 3.8) is 0 Å². The van der Waals surface area contributed by atoms with Gasteiger partial charge in [-0.15, -0.1) is 0 Å². The van der Waals surface area contributed by atoms with Crippen LogP contribution in [0.15, 0.2) is 42.1 Å². The van der Waals surface area contributed by atoms with Gasteiger partial charge in [-0.2, -0.15) is 0 Å².